The van der Waals surface area contributed by atoms with E-state index < -0.39 is 5.67 Å². The molecule has 1 heterocycles. The Kier molecular flexibility index (Phi) is 4.71. The number of hydrogen-bond donors (Lipinski definition) is 1. The minimum Gasteiger partial charge on any atom is -0.496 e. The Balaban J connectivity index is 1.89. The Morgan fingerprint density at radius 3 is 2.63 bits per heavy atom. The van der Waals surface area contributed by atoms with Crippen LogP contribution in [-0.4, -0.2) is 30.3 Å². The number of nitrogens with two attached hydrogens (primary N) is 1. The minimum absolute atomic E-state index is 0.0423. The highest BCUT2D eigenvalue weighted by Crippen LogP contribution is 2.48. The van der Waals surface area contributed by atoms with Crippen LogP contribution in [-0.2, 0) is 6.42 Å². The molecular formula is C22H26BrFN2O. The van der Waals surface area contributed by atoms with Gasteiger partial charge in [-0.25, -0.2) is 4.39 Å². The first kappa shape index (κ1) is 18.8. The molecule has 5 heteroatoms. The van der Waals surface area contributed by atoms with Crippen LogP contribution in [0.25, 0.3) is 0 Å². The summed E-state index contributed by atoms with van der Waals surface area (Å²) in [6.45, 7) is 4.74. The predicted molar refractivity (Wildman–Crippen MR) is 111 cm³/mol. The molecule has 0 amide bonds. The molecule has 0 aromatic heterocycles. The maximum absolute atomic E-state index is 14.8. The number of rotatable bonds is 4. The van der Waals surface area contributed by atoms with Gasteiger partial charge in [-0.15, -0.1) is 0 Å². The highest BCUT2D eigenvalue weighted by Gasteiger charge is 2.48. The van der Waals surface area contributed by atoms with Crippen molar-refractivity contribution in [3.05, 3.63) is 57.1 Å². The SMILES string of the molecule is COc1cc(Br)ccc1C1c2ccc(N)c(C)c2CC(C)N1CC1(F)CC1. The van der Waals surface area contributed by atoms with E-state index in [0.717, 1.165) is 33.5 Å². The molecule has 2 N–H and O–H groups in total. The van der Waals surface area contributed by atoms with Crippen LogP contribution in [0.3, 0.4) is 0 Å². The normalized spacial score (nSPS) is 23.7. The number of alkyl halides is 1. The summed E-state index contributed by atoms with van der Waals surface area (Å²) < 4.78 is 21.5. The molecule has 4 rings (SSSR count). The second kappa shape index (κ2) is 6.78. The smallest absolute Gasteiger partial charge is 0.125 e. The first-order valence-corrected chi connectivity index (χ1v) is 10.3. The minimum atomic E-state index is -1.05. The number of methoxy groups -OCH3 is 1. The monoisotopic (exact) mass is 432 g/mol. The standard InChI is InChI=1S/C22H26BrFN2O/c1-13-10-18-14(2)19(25)7-6-16(18)21(26(13)12-22(24)8-9-22)17-5-4-15(23)11-20(17)27-3/h4-7,11,13,21H,8-10,12,25H2,1-3H3. The third kappa shape index (κ3) is 3.36. The fraction of sp³-hybridized carbons (Fsp3) is 0.455. The van der Waals surface area contributed by atoms with E-state index in [4.69, 9.17) is 10.5 Å². The molecule has 3 nitrogen and oxygen atoms in total. The van der Waals surface area contributed by atoms with Crippen LogP contribution in [0, 0.1) is 6.92 Å². The third-order valence-corrected chi connectivity index (χ3v) is 6.61. The van der Waals surface area contributed by atoms with Gasteiger partial charge in [-0.1, -0.05) is 28.1 Å². The number of fused-ring (bicyclic) bond motifs is 1. The lowest BCUT2D eigenvalue weighted by Gasteiger charge is -2.44. The summed E-state index contributed by atoms with van der Waals surface area (Å²) in [5, 5.41) is 0. The van der Waals surface area contributed by atoms with Gasteiger partial charge in [0.15, 0.2) is 0 Å². The fourth-order valence-corrected chi connectivity index (χ4v) is 4.63. The van der Waals surface area contributed by atoms with Gasteiger partial charge in [0.2, 0.25) is 0 Å². The molecule has 1 saturated carbocycles. The lowest BCUT2D eigenvalue weighted by molar-refractivity contribution is 0.0968. The van der Waals surface area contributed by atoms with Crippen LogP contribution >= 0.6 is 15.9 Å². The second-order valence-corrected chi connectivity index (χ2v) is 8.93. The maximum Gasteiger partial charge on any atom is 0.125 e. The van der Waals surface area contributed by atoms with E-state index in [9.17, 15) is 4.39 Å². The molecule has 27 heavy (non-hydrogen) atoms. The summed E-state index contributed by atoms with van der Waals surface area (Å²) in [7, 11) is 1.69. The van der Waals surface area contributed by atoms with Gasteiger partial charge in [-0.2, -0.15) is 0 Å². The van der Waals surface area contributed by atoms with Crippen LogP contribution in [0.2, 0.25) is 0 Å². The zero-order chi connectivity index (χ0) is 19.3. The summed E-state index contributed by atoms with van der Waals surface area (Å²) >= 11 is 3.53. The molecule has 144 valence electrons. The van der Waals surface area contributed by atoms with E-state index in [1.807, 2.05) is 18.2 Å². The number of hydrogen-bond acceptors (Lipinski definition) is 3. The van der Waals surface area contributed by atoms with Crippen LogP contribution < -0.4 is 10.5 Å². The quantitative estimate of drug-likeness (QED) is 0.675. The van der Waals surface area contributed by atoms with Gasteiger partial charge < -0.3 is 10.5 Å². The molecular weight excluding hydrogens is 407 g/mol. The van der Waals surface area contributed by atoms with Gasteiger partial charge in [0.25, 0.3) is 0 Å². The summed E-state index contributed by atoms with van der Waals surface area (Å²) in [6, 6.07) is 10.4. The van der Waals surface area contributed by atoms with Crippen molar-refractivity contribution in [2.75, 3.05) is 19.4 Å². The third-order valence-electron chi connectivity index (χ3n) is 6.12. The van der Waals surface area contributed by atoms with E-state index >= 15 is 0 Å². The largest absolute Gasteiger partial charge is 0.496 e. The number of ether oxygens (including phenoxy) is 1. The molecule has 0 spiro atoms. The number of benzene rings is 2. The second-order valence-electron chi connectivity index (χ2n) is 8.01. The molecule has 0 radical (unpaired) electrons. The van der Waals surface area contributed by atoms with Crippen molar-refractivity contribution in [2.24, 2.45) is 0 Å². The molecule has 0 bridgehead atoms. The molecule has 2 atom stereocenters. The van der Waals surface area contributed by atoms with Gasteiger partial charge in [-0.3, -0.25) is 4.90 Å². The van der Waals surface area contributed by atoms with E-state index in [1.54, 1.807) is 7.11 Å². The summed E-state index contributed by atoms with van der Waals surface area (Å²) in [5.74, 6) is 0.817. The van der Waals surface area contributed by atoms with Crippen molar-refractivity contribution in [3.8, 4) is 5.75 Å². The van der Waals surface area contributed by atoms with Crippen molar-refractivity contribution in [3.63, 3.8) is 0 Å². The van der Waals surface area contributed by atoms with Crippen LogP contribution in [0.1, 0.15) is 48.1 Å². The molecule has 2 aromatic carbocycles. The molecule has 0 saturated heterocycles. The summed E-state index contributed by atoms with van der Waals surface area (Å²) in [6.07, 6.45) is 2.21. The molecule has 2 aliphatic rings. The molecule has 1 aliphatic carbocycles. The van der Waals surface area contributed by atoms with Gasteiger partial charge in [0.05, 0.1) is 13.2 Å². The highest BCUT2D eigenvalue weighted by molar-refractivity contribution is 9.10. The lowest BCUT2D eigenvalue weighted by atomic mass is 9.82. The first-order chi connectivity index (χ1) is 12.8. The van der Waals surface area contributed by atoms with E-state index in [1.165, 1.54) is 11.1 Å². The number of nitrogens with zero attached hydrogens (tertiary/aromatic N) is 1. The van der Waals surface area contributed by atoms with E-state index in [2.05, 4.69) is 46.8 Å². The van der Waals surface area contributed by atoms with E-state index in [-0.39, 0.29) is 12.1 Å². The highest BCUT2D eigenvalue weighted by atomic mass is 79.9. The van der Waals surface area contributed by atoms with Gasteiger partial charge in [0.1, 0.15) is 11.4 Å². The Morgan fingerprint density at radius 2 is 1.96 bits per heavy atom. The Bertz CT molecular complexity index is 881. The van der Waals surface area contributed by atoms with Crippen molar-refractivity contribution >= 4 is 21.6 Å². The molecule has 2 aromatic rings. The Labute approximate surface area is 168 Å². The number of anilines is 1. The molecule has 1 fully saturated rings. The predicted octanol–water partition coefficient (Wildman–Crippen LogP) is 5.19. The topological polar surface area (TPSA) is 38.5 Å². The first-order valence-electron chi connectivity index (χ1n) is 9.49. The Morgan fingerprint density at radius 1 is 1.26 bits per heavy atom. The van der Waals surface area contributed by atoms with Crippen molar-refractivity contribution in [2.45, 2.75) is 50.9 Å². The van der Waals surface area contributed by atoms with Gasteiger partial charge in [-0.05, 0) is 68.0 Å². The van der Waals surface area contributed by atoms with Crippen molar-refractivity contribution < 1.29 is 9.13 Å². The average molecular weight is 433 g/mol. The van der Waals surface area contributed by atoms with Gasteiger partial charge in [0, 0.05) is 28.3 Å². The lowest BCUT2D eigenvalue weighted by Crippen LogP contribution is -2.46. The summed E-state index contributed by atoms with van der Waals surface area (Å²) in [4.78, 5) is 2.32. The summed E-state index contributed by atoms with van der Waals surface area (Å²) in [5.41, 5.74) is 10.7. The van der Waals surface area contributed by atoms with Gasteiger partial charge >= 0.3 is 0 Å². The van der Waals surface area contributed by atoms with E-state index in [0.29, 0.717) is 19.4 Å². The Hall–Kier alpha value is -1.59. The van der Waals surface area contributed by atoms with Crippen molar-refractivity contribution in [1.82, 2.24) is 4.90 Å². The molecule has 1 aliphatic heterocycles. The number of halogens is 2. The number of nitrogen functional groups attached to an aromatic ring is 1. The van der Waals surface area contributed by atoms with Crippen molar-refractivity contribution in [1.29, 1.82) is 0 Å². The maximum atomic E-state index is 14.8. The fourth-order valence-electron chi connectivity index (χ4n) is 4.29. The zero-order valence-corrected chi connectivity index (χ0v) is 17.6. The zero-order valence-electron chi connectivity index (χ0n) is 16.1. The van der Waals surface area contributed by atoms with Crippen LogP contribution in [0.4, 0.5) is 10.1 Å². The molecule has 2 unspecified atom stereocenters. The van der Waals surface area contributed by atoms with Crippen LogP contribution in [0.5, 0.6) is 5.75 Å². The average Bonchev–Trinajstić information content (AvgIpc) is 3.37. The van der Waals surface area contributed by atoms with Crippen LogP contribution in [0.15, 0.2) is 34.8 Å².